The van der Waals surface area contributed by atoms with Gasteiger partial charge < -0.3 is 19.7 Å². The van der Waals surface area contributed by atoms with Crippen LogP contribution in [0.15, 0.2) is 53.0 Å². The van der Waals surface area contributed by atoms with E-state index in [0.717, 1.165) is 0 Å². The molecule has 0 unspecified atom stereocenters. The third-order valence-electron chi connectivity index (χ3n) is 3.92. The highest BCUT2D eigenvalue weighted by Gasteiger charge is 2.39. The molecular weight excluding hydrogens is 300 g/mol. The molecule has 1 aromatic carbocycles. The largest absolute Gasteiger partial charge is 0.512 e. The summed E-state index contributed by atoms with van der Waals surface area (Å²) in [4.78, 5) is 24.4. The van der Waals surface area contributed by atoms with Gasteiger partial charge in [0.05, 0.1) is 30.3 Å². The van der Waals surface area contributed by atoms with Gasteiger partial charge in [0.25, 0.3) is 0 Å². The first-order valence-corrected chi connectivity index (χ1v) is 7.32. The molecule has 0 saturated carbocycles. The molecule has 0 aromatic heterocycles. The van der Waals surface area contributed by atoms with Crippen LogP contribution in [0.3, 0.4) is 0 Å². The fourth-order valence-electron chi connectivity index (χ4n) is 2.83. The Morgan fingerprint density at radius 1 is 0.826 bits per heavy atom. The van der Waals surface area contributed by atoms with Crippen LogP contribution in [0.1, 0.15) is 24.3 Å². The lowest BCUT2D eigenvalue weighted by Crippen LogP contribution is -2.29. The van der Waals surface area contributed by atoms with Gasteiger partial charge in [0.2, 0.25) is 0 Å². The fraction of sp³-hybridized carbons (Fsp3) is 0.294. The van der Waals surface area contributed by atoms with Crippen molar-refractivity contribution in [2.24, 2.45) is 0 Å². The van der Waals surface area contributed by atoms with E-state index in [9.17, 15) is 19.8 Å². The molecule has 2 aliphatic heterocycles. The molecule has 2 heterocycles. The Balaban J connectivity index is 2.20. The summed E-state index contributed by atoms with van der Waals surface area (Å²) in [6.45, 7) is 0.177. The zero-order valence-corrected chi connectivity index (χ0v) is 12.3. The third-order valence-corrected chi connectivity index (χ3v) is 3.92. The van der Waals surface area contributed by atoms with E-state index in [4.69, 9.17) is 9.47 Å². The number of carbonyl (C=O) groups excluding carboxylic acids is 2. The van der Waals surface area contributed by atoms with Crippen molar-refractivity contribution in [3.63, 3.8) is 0 Å². The number of ether oxygens (including phenoxy) is 2. The van der Waals surface area contributed by atoms with E-state index in [1.54, 1.807) is 30.3 Å². The van der Waals surface area contributed by atoms with E-state index in [0.29, 0.717) is 5.56 Å². The molecule has 6 nitrogen and oxygen atoms in total. The highest BCUT2D eigenvalue weighted by molar-refractivity contribution is 5.99. The average molecular weight is 316 g/mol. The van der Waals surface area contributed by atoms with Crippen LogP contribution in [0.25, 0.3) is 0 Å². The van der Waals surface area contributed by atoms with Crippen molar-refractivity contribution in [1.82, 2.24) is 0 Å². The molecule has 0 bridgehead atoms. The Bertz CT molecular complexity index is 659. The summed E-state index contributed by atoms with van der Waals surface area (Å²) in [5.74, 6) is -2.57. The quantitative estimate of drug-likeness (QED) is 0.831. The Morgan fingerprint density at radius 3 is 1.74 bits per heavy atom. The molecule has 1 aromatic rings. The summed E-state index contributed by atoms with van der Waals surface area (Å²) in [6, 6.07) is 8.73. The molecule has 0 spiro atoms. The number of aliphatic hydroxyl groups is 2. The van der Waals surface area contributed by atoms with E-state index in [1.807, 2.05) is 0 Å². The second-order valence-electron chi connectivity index (χ2n) is 5.34. The first-order valence-electron chi connectivity index (χ1n) is 7.32. The molecule has 0 radical (unpaired) electrons. The maximum atomic E-state index is 12.2. The molecule has 120 valence electrons. The molecule has 2 N–H and O–H groups in total. The normalized spacial score (nSPS) is 19.0. The number of carbonyl (C=O) groups is 2. The summed E-state index contributed by atoms with van der Waals surface area (Å²) in [6.07, 6.45) is 0.348. The van der Waals surface area contributed by atoms with E-state index < -0.39 is 17.9 Å². The number of benzene rings is 1. The van der Waals surface area contributed by atoms with E-state index in [-0.39, 0.29) is 48.7 Å². The van der Waals surface area contributed by atoms with Crippen LogP contribution in [0.5, 0.6) is 0 Å². The minimum Gasteiger partial charge on any atom is -0.512 e. The lowest BCUT2D eigenvalue weighted by atomic mass is 9.81. The molecule has 0 amide bonds. The lowest BCUT2D eigenvalue weighted by Gasteiger charge is -2.27. The van der Waals surface area contributed by atoms with Crippen LogP contribution in [0.2, 0.25) is 0 Å². The van der Waals surface area contributed by atoms with Gasteiger partial charge in [0.15, 0.2) is 0 Å². The van der Waals surface area contributed by atoms with Gasteiger partial charge in [-0.3, -0.25) is 0 Å². The third kappa shape index (κ3) is 2.79. The predicted octanol–water partition coefficient (Wildman–Crippen LogP) is 2.29. The van der Waals surface area contributed by atoms with Gasteiger partial charge >= 0.3 is 11.9 Å². The number of hydrogen-bond acceptors (Lipinski definition) is 6. The molecule has 2 aliphatic rings. The lowest BCUT2D eigenvalue weighted by molar-refractivity contribution is -0.141. The van der Waals surface area contributed by atoms with Crippen molar-refractivity contribution < 1.29 is 29.3 Å². The van der Waals surface area contributed by atoms with Crippen LogP contribution in [0, 0.1) is 0 Å². The number of cyclic esters (lactones) is 2. The first-order chi connectivity index (χ1) is 11.1. The van der Waals surface area contributed by atoms with Crippen molar-refractivity contribution in [1.29, 1.82) is 0 Å². The van der Waals surface area contributed by atoms with Crippen LogP contribution < -0.4 is 0 Å². The van der Waals surface area contributed by atoms with Crippen molar-refractivity contribution in [3.8, 4) is 0 Å². The van der Waals surface area contributed by atoms with Gasteiger partial charge in [-0.05, 0) is 5.56 Å². The molecule has 6 heteroatoms. The van der Waals surface area contributed by atoms with Crippen molar-refractivity contribution in [3.05, 3.63) is 58.6 Å². The highest BCUT2D eigenvalue weighted by atomic mass is 16.5. The molecular formula is C17H16O6. The molecule has 23 heavy (non-hydrogen) atoms. The van der Waals surface area contributed by atoms with Crippen LogP contribution >= 0.6 is 0 Å². The molecule has 3 rings (SSSR count). The van der Waals surface area contributed by atoms with Gasteiger partial charge in [-0.1, -0.05) is 30.3 Å². The maximum Gasteiger partial charge on any atom is 0.338 e. The van der Waals surface area contributed by atoms with Gasteiger partial charge in [0, 0.05) is 12.8 Å². The van der Waals surface area contributed by atoms with Gasteiger partial charge in [-0.2, -0.15) is 0 Å². The molecule has 0 atom stereocenters. The summed E-state index contributed by atoms with van der Waals surface area (Å²) in [5, 5.41) is 20.4. The summed E-state index contributed by atoms with van der Waals surface area (Å²) < 4.78 is 10.0. The molecule has 0 saturated heterocycles. The van der Waals surface area contributed by atoms with Gasteiger partial charge in [0.1, 0.15) is 11.5 Å². The van der Waals surface area contributed by atoms with E-state index in [2.05, 4.69) is 0 Å². The standard InChI is InChI=1S/C17H16O6/c18-11-6-8-22-16(20)14(11)13(10-4-2-1-3-5-10)15-12(19)7-9-23-17(15)21/h1-5,13,18-19H,6-9H2. The fourth-order valence-corrected chi connectivity index (χ4v) is 2.83. The summed E-state index contributed by atoms with van der Waals surface area (Å²) in [7, 11) is 0. The maximum absolute atomic E-state index is 12.2. The Labute approximate surface area is 132 Å². The zero-order valence-electron chi connectivity index (χ0n) is 12.3. The number of rotatable bonds is 3. The van der Waals surface area contributed by atoms with Crippen LogP contribution in [-0.4, -0.2) is 35.4 Å². The minimum atomic E-state index is -0.920. The number of aliphatic hydroxyl groups excluding tert-OH is 2. The topological polar surface area (TPSA) is 93.1 Å². The SMILES string of the molecule is O=C1OCCC(O)=C1C(C1=C(O)CCOC1=O)c1ccccc1. The van der Waals surface area contributed by atoms with Gasteiger partial charge in [-0.25, -0.2) is 9.59 Å². The predicted molar refractivity (Wildman–Crippen MR) is 79.6 cm³/mol. The molecule has 0 fully saturated rings. The summed E-state index contributed by atoms with van der Waals surface area (Å²) >= 11 is 0. The van der Waals surface area contributed by atoms with Crippen LogP contribution in [-0.2, 0) is 19.1 Å². The van der Waals surface area contributed by atoms with Crippen molar-refractivity contribution in [2.45, 2.75) is 18.8 Å². The monoisotopic (exact) mass is 316 g/mol. The molecule has 0 aliphatic carbocycles. The van der Waals surface area contributed by atoms with E-state index >= 15 is 0 Å². The van der Waals surface area contributed by atoms with Gasteiger partial charge in [-0.15, -0.1) is 0 Å². The summed E-state index contributed by atoms with van der Waals surface area (Å²) in [5.41, 5.74) is 0.541. The number of hydrogen-bond donors (Lipinski definition) is 2. The van der Waals surface area contributed by atoms with Crippen LogP contribution in [0.4, 0.5) is 0 Å². The first kappa shape index (κ1) is 15.1. The number of esters is 2. The second kappa shape index (κ2) is 6.16. The minimum absolute atomic E-state index is 0.0251. The Hall–Kier alpha value is -2.76. The Morgan fingerprint density at radius 2 is 1.30 bits per heavy atom. The highest BCUT2D eigenvalue weighted by Crippen LogP contribution is 2.39. The van der Waals surface area contributed by atoms with Crippen molar-refractivity contribution in [2.75, 3.05) is 13.2 Å². The van der Waals surface area contributed by atoms with E-state index in [1.165, 1.54) is 0 Å². The smallest absolute Gasteiger partial charge is 0.338 e. The Kier molecular flexibility index (Phi) is 4.06. The average Bonchev–Trinajstić information content (AvgIpc) is 2.53. The van der Waals surface area contributed by atoms with Crippen molar-refractivity contribution >= 4 is 11.9 Å². The zero-order chi connectivity index (χ0) is 16.4. The second-order valence-corrected chi connectivity index (χ2v) is 5.34.